The molecule has 7 nitrogen and oxygen atoms in total. The van der Waals surface area contributed by atoms with Gasteiger partial charge in [-0.2, -0.15) is 13.2 Å². The minimum Gasteiger partial charge on any atom is -0.453 e. The lowest BCUT2D eigenvalue weighted by Gasteiger charge is -2.51. The number of ether oxygens (including phenoxy) is 1. The number of rotatable bonds is 9. The second-order valence-electron chi connectivity index (χ2n) is 13.2. The van der Waals surface area contributed by atoms with Gasteiger partial charge in [-0.15, -0.1) is 0 Å². The summed E-state index contributed by atoms with van der Waals surface area (Å²) < 4.78 is 46.3. The van der Waals surface area contributed by atoms with Gasteiger partial charge < -0.3 is 24.4 Å². The highest BCUT2D eigenvalue weighted by atomic mass is 19.4. The van der Waals surface area contributed by atoms with Crippen LogP contribution in [-0.4, -0.2) is 66.4 Å². The van der Waals surface area contributed by atoms with E-state index in [0.717, 1.165) is 82.9 Å². The molecule has 242 valence electrons. The van der Waals surface area contributed by atoms with Crippen LogP contribution in [0, 0.1) is 24.7 Å². The quantitative estimate of drug-likeness (QED) is 0.294. The molecule has 45 heavy (non-hydrogen) atoms. The summed E-state index contributed by atoms with van der Waals surface area (Å²) in [6.07, 6.45) is 4.43. The number of aromatic nitrogens is 2. The van der Waals surface area contributed by atoms with E-state index in [4.69, 9.17) is 4.74 Å². The van der Waals surface area contributed by atoms with Gasteiger partial charge in [0.15, 0.2) is 0 Å². The van der Waals surface area contributed by atoms with Crippen molar-refractivity contribution in [3.05, 3.63) is 83.9 Å². The fraction of sp³-hybridized carbons (Fsp3) is 0.543. The Hall–Kier alpha value is -3.53. The highest BCUT2D eigenvalue weighted by molar-refractivity contribution is 5.67. The van der Waals surface area contributed by atoms with Crippen molar-refractivity contribution in [1.29, 1.82) is 0 Å². The predicted octanol–water partition coefficient (Wildman–Crippen LogP) is 6.52. The van der Waals surface area contributed by atoms with Crippen LogP contribution in [0.15, 0.2) is 67.0 Å². The first-order valence-electron chi connectivity index (χ1n) is 16.2. The van der Waals surface area contributed by atoms with Gasteiger partial charge in [0.2, 0.25) is 0 Å². The van der Waals surface area contributed by atoms with E-state index in [1.54, 1.807) is 12.1 Å². The third-order valence-electron chi connectivity index (χ3n) is 10.7. The summed E-state index contributed by atoms with van der Waals surface area (Å²) >= 11 is 0. The first kappa shape index (κ1) is 31.5. The lowest BCUT2D eigenvalue weighted by atomic mass is 9.58. The Morgan fingerprint density at radius 2 is 1.69 bits per heavy atom. The van der Waals surface area contributed by atoms with Crippen molar-refractivity contribution in [2.75, 3.05) is 44.7 Å². The Labute approximate surface area is 263 Å². The molecule has 0 bridgehead atoms. The third-order valence-corrected chi connectivity index (χ3v) is 10.7. The zero-order valence-corrected chi connectivity index (χ0v) is 26.2. The Morgan fingerprint density at radius 3 is 2.31 bits per heavy atom. The molecule has 3 fully saturated rings. The number of benzene rings is 2. The van der Waals surface area contributed by atoms with E-state index in [0.29, 0.717) is 11.8 Å². The zero-order valence-electron chi connectivity index (χ0n) is 26.2. The maximum atomic E-state index is 13.0. The fourth-order valence-corrected chi connectivity index (χ4v) is 8.40. The number of carbonyl (C=O) groups is 1. The standard InChI is InChI=1S/C35H44F3N5O2/c1-25-39-17-20-42(25)24-34(27-7-4-3-5-8-27,31-9-6-10-32(31)40-33(44)45-2)28-15-18-41(19-16-28)21-26-22-43(23-26)30-13-11-29(12-14-30)35(36,37)38/h3-5,7-8,11-14,17,20,26,28,31-32H,6,9-10,15-16,18-19,21-24H2,1-2H3,(H,40,44)/t31-,32-,34-/m1/s1. The van der Waals surface area contributed by atoms with Crippen LogP contribution in [0.4, 0.5) is 23.7 Å². The Morgan fingerprint density at radius 1 is 0.978 bits per heavy atom. The largest absolute Gasteiger partial charge is 0.453 e. The molecule has 0 spiro atoms. The summed E-state index contributed by atoms with van der Waals surface area (Å²) in [5.74, 6) is 2.15. The molecular weight excluding hydrogens is 579 g/mol. The van der Waals surface area contributed by atoms with Crippen molar-refractivity contribution in [2.45, 2.75) is 63.2 Å². The molecule has 0 unspecified atom stereocenters. The summed E-state index contributed by atoms with van der Waals surface area (Å²) in [5, 5.41) is 3.21. The van der Waals surface area contributed by atoms with Gasteiger partial charge in [0.05, 0.1) is 12.7 Å². The van der Waals surface area contributed by atoms with Crippen LogP contribution in [-0.2, 0) is 22.9 Å². The second kappa shape index (κ2) is 13.1. The number of nitrogens with one attached hydrogen (secondary N) is 1. The maximum absolute atomic E-state index is 13.0. The van der Waals surface area contributed by atoms with E-state index < -0.39 is 11.7 Å². The summed E-state index contributed by atoms with van der Waals surface area (Å²) in [7, 11) is 1.43. The van der Waals surface area contributed by atoms with E-state index in [1.165, 1.54) is 24.8 Å². The molecule has 3 aromatic rings. The van der Waals surface area contributed by atoms with E-state index in [9.17, 15) is 18.0 Å². The second-order valence-corrected chi connectivity index (χ2v) is 13.2. The van der Waals surface area contributed by atoms with Crippen LogP contribution in [0.25, 0.3) is 0 Å². The number of alkyl halides is 3. The van der Waals surface area contributed by atoms with Crippen LogP contribution in [0.3, 0.4) is 0 Å². The lowest BCUT2D eigenvalue weighted by Crippen LogP contribution is -2.56. The van der Waals surface area contributed by atoms with Crippen LogP contribution in [0.2, 0.25) is 0 Å². The molecule has 1 aliphatic carbocycles. The van der Waals surface area contributed by atoms with Crippen LogP contribution in [0.1, 0.15) is 49.1 Å². The molecule has 6 rings (SSSR count). The van der Waals surface area contributed by atoms with E-state index in [2.05, 4.69) is 68.1 Å². The highest BCUT2D eigenvalue weighted by Crippen LogP contribution is 2.51. The Balaban J connectivity index is 1.18. The van der Waals surface area contributed by atoms with Crippen molar-refractivity contribution in [2.24, 2.45) is 17.8 Å². The minimum atomic E-state index is -4.31. The molecule has 1 saturated carbocycles. The molecule has 2 aliphatic heterocycles. The SMILES string of the molecule is COC(=O)N[C@@H]1CCC[C@H]1[C@](Cn1ccnc1C)(c1ccccc1)C1CCN(CC2CN(c3ccc(C(F)(F)F)cc3)C2)CC1. The van der Waals surface area contributed by atoms with Gasteiger partial charge >= 0.3 is 12.3 Å². The smallest absolute Gasteiger partial charge is 0.416 e. The Bertz CT molecular complexity index is 1420. The van der Waals surface area contributed by atoms with Crippen LogP contribution < -0.4 is 10.2 Å². The molecule has 2 saturated heterocycles. The average molecular weight is 624 g/mol. The molecule has 10 heteroatoms. The summed E-state index contributed by atoms with van der Waals surface area (Å²) in [4.78, 5) is 21.8. The number of alkyl carbamates (subject to hydrolysis) is 1. The molecule has 3 heterocycles. The van der Waals surface area contributed by atoms with Gasteiger partial charge in [-0.05, 0) is 87.4 Å². The van der Waals surface area contributed by atoms with Gasteiger partial charge in [-0.1, -0.05) is 36.8 Å². The fourth-order valence-electron chi connectivity index (χ4n) is 8.40. The van der Waals surface area contributed by atoms with Crippen molar-refractivity contribution in [1.82, 2.24) is 19.8 Å². The van der Waals surface area contributed by atoms with Gasteiger partial charge in [-0.3, -0.25) is 0 Å². The predicted molar refractivity (Wildman–Crippen MR) is 168 cm³/mol. The van der Waals surface area contributed by atoms with Gasteiger partial charge in [-0.25, -0.2) is 9.78 Å². The molecule has 1 amide bonds. The average Bonchev–Trinajstić information content (AvgIpc) is 3.66. The van der Waals surface area contributed by atoms with Gasteiger partial charge in [0.25, 0.3) is 0 Å². The number of hydrogen-bond donors (Lipinski definition) is 1. The summed E-state index contributed by atoms with van der Waals surface area (Å²) in [5.41, 5.74) is 1.38. The van der Waals surface area contributed by atoms with Crippen LogP contribution in [0.5, 0.6) is 0 Å². The first-order chi connectivity index (χ1) is 21.7. The Kier molecular flexibility index (Phi) is 9.13. The molecular formula is C35H44F3N5O2. The molecule has 0 radical (unpaired) electrons. The number of hydrogen-bond acceptors (Lipinski definition) is 5. The molecule has 2 aromatic carbocycles. The van der Waals surface area contributed by atoms with Crippen molar-refractivity contribution in [3.8, 4) is 0 Å². The highest BCUT2D eigenvalue weighted by Gasteiger charge is 2.52. The number of likely N-dealkylation sites (tertiary alicyclic amines) is 1. The maximum Gasteiger partial charge on any atom is 0.416 e. The molecule has 1 N–H and O–H groups in total. The number of methoxy groups -OCH3 is 1. The number of anilines is 1. The number of imidazole rings is 1. The number of amides is 1. The van der Waals surface area contributed by atoms with Crippen molar-refractivity contribution >= 4 is 11.8 Å². The number of aryl methyl sites for hydroxylation is 1. The minimum absolute atomic E-state index is 0.0330. The number of nitrogens with zero attached hydrogens (tertiary/aromatic N) is 4. The normalized spacial score (nSPS) is 23.0. The van der Waals surface area contributed by atoms with Gasteiger partial charge in [0.1, 0.15) is 5.82 Å². The summed E-state index contributed by atoms with van der Waals surface area (Å²) in [6, 6.07) is 16.4. The molecule has 3 atom stereocenters. The molecule has 1 aromatic heterocycles. The topological polar surface area (TPSA) is 62.6 Å². The van der Waals surface area contributed by atoms with Gasteiger partial charge in [0, 0.05) is 61.6 Å². The molecule has 3 aliphatic rings. The van der Waals surface area contributed by atoms with Crippen LogP contribution >= 0.6 is 0 Å². The van der Waals surface area contributed by atoms with Crippen molar-refractivity contribution in [3.63, 3.8) is 0 Å². The third kappa shape index (κ3) is 6.57. The monoisotopic (exact) mass is 623 g/mol. The van der Waals surface area contributed by atoms with E-state index in [-0.39, 0.29) is 23.5 Å². The number of carbonyl (C=O) groups excluding carboxylic acids is 1. The van der Waals surface area contributed by atoms with Crippen molar-refractivity contribution < 1.29 is 22.7 Å². The zero-order chi connectivity index (χ0) is 31.6. The number of piperidine rings is 1. The number of halogens is 3. The first-order valence-corrected chi connectivity index (χ1v) is 16.2. The van der Waals surface area contributed by atoms with E-state index >= 15 is 0 Å². The summed E-state index contributed by atoms with van der Waals surface area (Å²) in [6.45, 7) is 7.59. The van der Waals surface area contributed by atoms with E-state index in [1.807, 2.05) is 6.20 Å². The lowest BCUT2D eigenvalue weighted by molar-refractivity contribution is -0.137.